The molecule has 1 saturated carbocycles. The van der Waals surface area contributed by atoms with Crippen LogP contribution in [0.2, 0.25) is 0 Å². The van der Waals surface area contributed by atoms with E-state index in [-0.39, 0.29) is 37.9 Å². The third-order valence-electron chi connectivity index (χ3n) is 4.76. The molecule has 0 saturated heterocycles. The van der Waals surface area contributed by atoms with Crippen LogP contribution in [0.5, 0.6) is 0 Å². The number of carbonyl (C=O) groups excluding carboxylic acids is 2. The van der Waals surface area contributed by atoms with Crippen molar-refractivity contribution in [1.82, 2.24) is 5.32 Å². The molecule has 3 N–H and O–H groups in total. The van der Waals surface area contributed by atoms with Gasteiger partial charge in [0.15, 0.2) is 0 Å². The van der Waals surface area contributed by atoms with Gasteiger partial charge >= 0.3 is 0 Å². The normalized spacial score (nSPS) is 23.0. The molecule has 1 aliphatic carbocycles. The first-order valence-corrected chi connectivity index (χ1v) is 9.22. The van der Waals surface area contributed by atoms with Crippen LogP contribution in [0, 0.1) is 17.8 Å². The Balaban J connectivity index is 2.58. The van der Waals surface area contributed by atoms with Crippen molar-refractivity contribution in [3.05, 3.63) is 0 Å². The minimum Gasteiger partial charge on any atom is -0.384 e. The topological polar surface area (TPSA) is 99.9 Å². The van der Waals surface area contributed by atoms with Crippen LogP contribution >= 0.6 is 0 Å². The van der Waals surface area contributed by atoms with Gasteiger partial charge in [-0.3, -0.25) is 9.59 Å². The van der Waals surface area contributed by atoms with Gasteiger partial charge in [0.2, 0.25) is 11.8 Å². The average molecular weight is 358 g/mol. The molecule has 2 amide bonds. The van der Waals surface area contributed by atoms with E-state index in [0.717, 1.165) is 25.7 Å². The van der Waals surface area contributed by atoms with Crippen molar-refractivity contribution >= 4 is 11.8 Å². The summed E-state index contributed by atoms with van der Waals surface area (Å²) >= 11 is 0. The van der Waals surface area contributed by atoms with E-state index in [0.29, 0.717) is 18.9 Å². The number of hydrogen-bond acceptors (Lipinski definition) is 5. The number of carbonyl (C=O) groups is 2. The molecule has 0 radical (unpaired) electrons. The van der Waals surface area contributed by atoms with Crippen molar-refractivity contribution < 1.29 is 23.8 Å². The molecule has 0 aromatic carbocycles. The van der Waals surface area contributed by atoms with Crippen LogP contribution in [0.15, 0.2) is 0 Å². The molecule has 7 nitrogen and oxygen atoms in total. The lowest BCUT2D eigenvalue weighted by molar-refractivity contribution is -0.130. The van der Waals surface area contributed by atoms with Crippen LogP contribution in [-0.4, -0.2) is 51.6 Å². The highest BCUT2D eigenvalue weighted by Crippen LogP contribution is 2.28. The molecule has 25 heavy (non-hydrogen) atoms. The second kappa shape index (κ2) is 12.2. The van der Waals surface area contributed by atoms with E-state index in [9.17, 15) is 9.59 Å². The molecule has 0 unspecified atom stereocenters. The Morgan fingerprint density at radius 1 is 1.16 bits per heavy atom. The van der Waals surface area contributed by atoms with Crippen LogP contribution in [0.3, 0.4) is 0 Å². The first-order chi connectivity index (χ1) is 12.0. The van der Waals surface area contributed by atoms with Gasteiger partial charge in [0.25, 0.3) is 0 Å². The molecule has 0 aromatic rings. The van der Waals surface area contributed by atoms with Gasteiger partial charge < -0.3 is 25.3 Å². The highest BCUT2D eigenvalue weighted by Gasteiger charge is 2.28. The minimum atomic E-state index is -0.461. The summed E-state index contributed by atoms with van der Waals surface area (Å²) in [4.78, 5) is 24.2. The fourth-order valence-corrected chi connectivity index (χ4v) is 3.15. The molecule has 0 aliphatic heterocycles. The highest BCUT2D eigenvalue weighted by atomic mass is 16.7. The van der Waals surface area contributed by atoms with Crippen molar-refractivity contribution in [2.24, 2.45) is 23.5 Å². The molecule has 146 valence electrons. The number of primary amides is 1. The summed E-state index contributed by atoms with van der Waals surface area (Å²) in [5, 5.41) is 3.04. The van der Waals surface area contributed by atoms with Crippen LogP contribution in [0.4, 0.5) is 0 Å². The van der Waals surface area contributed by atoms with Gasteiger partial charge in [-0.2, -0.15) is 0 Å². The van der Waals surface area contributed by atoms with E-state index >= 15 is 0 Å². The summed E-state index contributed by atoms with van der Waals surface area (Å²) in [5.74, 6) is -0.123. The molecule has 0 aromatic heterocycles. The molecule has 0 heterocycles. The Kier molecular flexibility index (Phi) is 10.7. The smallest absolute Gasteiger partial charge is 0.223 e. The van der Waals surface area contributed by atoms with E-state index < -0.39 is 11.8 Å². The molecule has 7 heteroatoms. The fourth-order valence-electron chi connectivity index (χ4n) is 3.15. The van der Waals surface area contributed by atoms with Gasteiger partial charge in [-0.1, -0.05) is 6.92 Å². The van der Waals surface area contributed by atoms with Gasteiger partial charge in [-0.05, 0) is 44.9 Å². The summed E-state index contributed by atoms with van der Waals surface area (Å²) in [6.07, 6.45) is 4.38. The molecule has 1 fully saturated rings. The maximum absolute atomic E-state index is 12.6. The van der Waals surface area contributed by atoms with Gasteiger partial charge in [0, 0.05) is 19.6 Å². The highest BCUT2D eigenvalue weighted by molar-refractivity contribution is 5.79. The van der Waals surface area contributed by atoms with Crippen LogP contribution in [-0.2, 0) is 23.8 Å². The molecular formula is C18H34N2O5. The molecule has 1 rings (SSSR count). The minimum absolute atomic E-state index is 0.0394. The van der Waals surface area contributed by atoms with Crippen LogP contribution in [0.1, 0.15) is 46.0 Å². The van der Waals surface area contributed by atoms with Crippen LogP contribution < -0.4 is 11.1 Å². The summed E-state index contributed by atoms with van der Waals surface area (Å²) < 4.78 is 15.7. The first kappa shape index (κ1) is 21.9. The first-order valence-electron chi connectivity index (χ1n) is 9.22. The number of hydrogen-bond donors (Lipinski definition) is 2. The second-order valence-corrected chi connectivity index (χ2v) is 6.93. The van der Waals surface area contributed by atoms with E-state index in [4.69, 9.17) is 19.9 Å². The molecule has 0 spiro atoms. The lowest BCUT2D eigenvalue weighted by Gasteiger charge is -2.28. The van der Waals surface area contributed by atoms with E-state index in [1.807, 2.05) is 6.92 Å². The van der Waals surface area contributed by atoms with Crippen molar-refractivity contribution in [1.29, 1.82) is 0 Å². The van der Waals surface area contributed by atoms with E-state index in [1.165, 1.54) is 7.11 Å². The zero-order valence-corrected chi connectivity index (χ0v) is 15.8. The Hall–Kier alpha value is -1.18. The van der Waals surface area contributed by atoms with Crippen LogP contribution in [0.25, 0.3) is 0 Å². The number of nitrogens with two attached hydrogens (primary N) is 1. The summed E-state index contributed by atoms with van der Waals surface area (Å²) in [5.41, 5.74) is 5.44. The predicted octanol–water partition coefficient (Wildman–Crippen LogP) is 1.45. The molecule has 1 aliphatic rings. The lowest BCUT2D eigenvalue weighted by Crippen LogP contribution is -2.45. The zero-order chi connectivity index (χ0) is 18.7. The summed E-state index contributed by atoms with van der Waals surface area (Å²) in [7, 11) is 1.53. The Morgan fingerprint density at radius 3 is 2.40 bits per heavy atom. The van der Waals surface area contributed by atoms with Crippen molar-refractivity contribution in [3.63, 3.8) is 0 Å². The summed E-state index contributed by atoms with van der Waals surface area (Å²) in [6, 6.07) is -0.292. The molecular weight excluding hydrogens is 324 g/mol. The van der Waals surface area contributed by atoms with Gasteiger partial charge in [0.05, 0.1) is 25.2 Å². The Bertz CT molecular complexity index is 397. The number of nitrogens with one attached hydrogen (secondary N) is 1. The third-order valence-corrected chi connectivity index (χ3v) is 4.76. The maximum atomic E-state index is 12.6. The Labute approximate surface area is 150 Å². The zero-order valence-electron chi connectivity index (χ0n) is 15.8. The van der Waals surface area contributed by atoms with Gasteiger partial charge in [-0.25, -0.2) is 0 Å². The lowest BCUT2D eigenvalue weighted by atomic mass is 9.82. The monoisotopic (exact) mass is 358 g/mol. The van der Waals surface area contributed by atoms with Crippen molar-refractivity contribution in [2.75, 3.05) is 33.7 Å². The molecule has 2 atom stereocenters. The predicted molar refractivity (Wildman–Crippen MR) is 94.7 cm³/mol. The SMILES string of the molecule is CCOCOC[C@H](C[C@H](COC)C(N)=O)NC(=O)C1CCC(C)CC1. The summed E-state index contributed by atoms with van der Waals surface area (Å²) in [6.45, 7) is 5.34. The van der Waals surface area contributed by atoms with Crippen molar-refractivity contribution in [3.8, 4) is 0 Å². The maximum Gasteiger partial charge on any atom is 0.223 e. The number of ether oxygens (including phenoxy) is 3. The van der Waals surface area contributed by atoms with E-state index in [2.05, 4.69) is 12.2 Å². The van der Waals surface area contributed by atoms with E-state index in [1.54, 1.807) is 0 Å². The quantitative estimate of drug-likeness (QED) is 0.406. The fraction of sp³-hybridized carbons (Fsp3) is 0.889. The number of methoxy groups -OCH3 is 1. The standard InChI is InChI=1S/C18H34N2O5/c1-4-24-12-25-11-16(9-15(10-23-3)17(19)21)20-18(22)14-7-5-13(2)6-8-14/h13-16H,4-12H2,1-3H3,(H2,19,21)(H,20,22)/t13?,14?,15-,16+/m1/s1. The Morgan fingerprint density at radius 2 is 1.84 bits per heavy atom. The van der Waals surface area contributed by atoms with Gasteiger partial charge in [0.1, 0.15) is 6.79 Å². The number of rotatable bonds is 12. The van der Waals surface area contributed by atoms with Crippen molar-refractivity contribution in [2.45, 2.75) is 52.0 Å². The average Bonchev–Trinajstić information content (AvgIpc) is 2.58. The molecule has 0 bridgehead atoms. The largest absolute Gasteiger partial charge is 0.384 e. The number of amides is 2. The second-order valence-electron chi connectivity index (χ2n) is 6.93. The third kappa shape index (κ3) is 8.65. The van der Waals surface area contributed by atoms with Gasteiger partial charge in [-0.15, -0.1) is 0 Å².